The lowest BCUT2D eigenvalue weighted by atomic mass is 10.1. The molecule has 4 nitrogen and oxygen atoms in total. The van der Waals surface area contributed by atoms with E-state index in [1.54, 1.807) is 17.3 Å². The van der Waals surface area contributed by atoms with Crippen LogP contribution in [0.25, 0.3) is 0 Å². The number of carbonyl (C=O) groups excluding carboxylic acids is 1. The number of amides is 1. The van der Waals surface area contributed by atoms with Crippen molar-refractivity contribution in [1.29, 1.82) is 0 Å². The van der Waals surface area contributed by atoms with Crippen LogP contribution in [0, 0.1) is 6.92 Å². The van der Waals surface area contributed by atoms with Gasteiger partial charge in [0.05, 0.1) is 16.8 Å². The van der Waals surface area contributed by atoms with E-state index < -0.39 is 5.60 Å². The molecule has 0 radical (unpaired) electrons. The van der Waals surface area contributed by atoms with Crippen molar-refractivity contribution < 1.29 is 9.90 Å². The van der Waals surface area contributed by atoms with Gasteiger partial charge in [0.1, 0.15) is 4.88 Å². The summed E-state index contributed by atoms with van der Waals surface area (Å²) in [6, 6.07) is 0. The minimum Gasteiger partial charge on any atom is -0.388 e. The van der Waals surface area contributed by atoms with Crippen LogP contribution in [0.1, 0.15) is 28.7 Å². The first-order chi connectivity index (χ1) is 6.99. The van der Waals surface area contributed by atoms with Gasteiger partial charge in [0.15, 0.2) is 0 Å². The van der Waals surface area contributed by atoms with E-state index >= 15 is 0 Å². The smallest absolute Gasteiger partial charge is 0.265 e. The standard InChI is InChI=1S/C10H14N2O2S/c1-7-8(15-6-11-7)9(13)12-4-3-10(2,14)5-12/h6,14H,3-5H2,1-2H3. The number of likely N-dealkylation sites (tertiary alicyclic amines) is 1. The highest BCUT2D eigenvalue weighted by Crippen LogP contribution is 2.24. The molecule has 0 aromatic carbocycles. The van der Waals surface area contributed by atoms with Crippen LogP contribution in [0.3, 0.4) is 0 Å². The summed E-state index contributed by atoms with van der Waals surface area (Å²) < 4.78 is 0. The molecule has 2 heterocycles. The lowest BCUT2D eigenvalue weighted by molar-refractivity contribution is 0.0574. The molecule has 1 aromatic rings. The molecule has 2 rings (SSSR count). The number of thiazole rings is 1. The fraction of sp³-hybridized carbons (Fsp3) is 0.600. The fourth-order valence-electron chi connectivity index (χ4n) is 1.77. The van der Waals surface area contributed by atoms with E-state index in [0.717, 1.165) is 5.69 Å². The van der Waals surface area contributed by atoms with E-state index in [-0.39, 0.29) is 5.91 Å². The number of aryl methyl sites for hydroxylation is 1. The van der Waals surface area contributed by atoms with Crippen molar-refractivity contribution in [1.82, 2.24) is 9.88 Å². The van der Waals surface area contributed by atoms with E-state index in [0.29, 0.717) is 24.4 Å². The van der Waals surface area contributed by atoms with Gasteiger partial charge in [-0.3, -0.25) is 4.79 Å². The third kappa shape index (κ3) is 2.03. The van der Waals surface area contributed by atoms with Crippen molar-refractivity contribution in [3.05, 3.63) is 16.1 Å². The average Bonchev–Trinajstić information content (AvgIpc) is 2.71. The maximum absolute atomic E-state index is 12.0. The molecule has 1 aliphatic heterocycles. The van der Waals surface area contributed by atoms with Gasteiger partial charge in [0.2, 0.25) is 0 Å². The molecule has 0 aliphatic carbocycles. The molecule has 1 atom stereocenters. The molecule has 0 spiro atoms. The third-order valence-electron chi connectivity index (χ3n) is 2.68. The topological polar surface area (TPSA) is 53.4 Å². The van der Waals surface area contributed by atoms with Gasteiger partial charge in [-0.2, -0.15) is 0 Å². The summed E-state index contributed by atoms with van der Waals surface area (Å²) in [5.74, 6) is -0.00669. The van der Waals surface area contributed by atoms with Crippen molar-refractivity contribution in [2.45, 2.75) is 25.9 Å². The number of hydrogen-bond donors (Lipinski definition) is 1. The summed E-state index contributed by atoms with van der Waals surface area (Å²) in [7, 11) is 0. The summed E-state index contributed by atoms with van der Waals surface area (Å²) in [5.41, 5.74) is 1.72. The van der Waals surface area contributed by atoms with Crippen molar-refractivity contribution >= 4 is 17.2 Å². The van der Waals surface area contributed by atoms with E-state index in [1.807, 2.05) is 6.92 Å². The molecular formula is C10H14N2O2S. The van der Waals surface area contributed by atoms with Crippen LogP contribution >= 0.6 is 11.3 Å². The summed E-state index contributed by atoms with van der Waals surface area (Å²) >= 11 is 1.36. The third-order valence-corrected chi connectivity index (χ3v) is 3.60. The van der Waals surface area contributed by atoms with Crippen LogP contribution in [0.15, 0.2) is 5.51 Å². The van der Waals surface area contributed by atoms with E-state index in [2.05, 4.69) is 4.98 Å². The molecule has 82 valence electrons. The molecule has 15 heavy (non-hydrogen) atoms. The first-order valence-corrected chi connectivity index (χ1v) is 5.79. The second-order valence-electron chi connectivity index (χ2n) is 4.24. The zero-order valence-electron chi connectivity index (χ0n) is 8.86. The molecule has 0 saturated carbocycles. The normalized spacial score (nSPS) is 25.9. The Kier molecular flexibility index (Phi) is 2.52. The number of carbonyl (C=O) groups is 1. The average molecular weight is 226 g/mol. The summed E-state index contributed by atoms with van der Waals surface area (Å²) in [6.07, 6.45) is 0.649. The van der Waals surface area contributed by atoms with Crippen LogP contribution in [0.5, 0.6) is 0 Å². The quantitative estimate of drug-likeness (QED) is 0.778. The number of aromatic nitrogens is 1. The lowest BCUT2D eigenvalue weighted by Gasteiger charge is -2.18. The van der Waals surface area contributed by atoms with Crippen LogP contribution in [-0.4, -0.2) is 39.6 Å². The Morgan fingerprint density at radius 3 is 2.93 bits per heavy atom. The van der Waals surface area contributed by atoms with E-state index in [9.17, 15) is 9.90 Å². The van der Waals surface area contributed by atoms with Crippen molar-refractivity contribution in [3.63, 3.8) is 0 Å². The highest BCUT2D eigenvalue weighted by atomic mass is 32.1. The number of aliphatic hydroxyl groups is 1. The molecule has 1 amide bonds. The zero-order valence-corrected chi connectivity index (χ0v) is 9.67. The molecule has 1 N–H and O–H groups in total. The van der Waals surface area contributed by atoms with Gasteiger partial charge >= 0.3 is 0 Å². The van der Waals surface area contributed by atoms with Crippen LogP contribution in [0.2, 0.25) is 0 Å². The molecule has 1 unspecified atom stereocenters. The molecule has 1 saturated heterocycles. The molecule has 1 aromatic heterocycles. The Hall–Kier alpha value is -0.940. The highest BCUT2D eigenvalue weighted by Gasteiger charge is 2.35. The second kappa shape index (κ2) is 3.57. The maximum atomic E-state index is 12.0. The highest BCUT2D eigenvalue weighted by molar-refractivity contribution is 7.11. The zero-order chi connectivity index (χ0) is 11.1. The summed E-state index contributed by atoms with van der Waals surface area (Å²) in [4.78, 5) is 18.4. The first-order valence-electron chi connectivity index (χ1n) is 4.91. The number of hydrogen-bond acceptors (Lipinski definition) is 4. The van der Waals surface area contributed by atoms with Crippen LogP contribution in [-0.2, 0) is 0 Å². The minimum atomic E-state index is -0.728. The SMILES string of the molecule is Cc1ncsc1C(=O)N1CCC(C)(O)C1. The first kappa shape index (κ1) is 10.6. The van der Waals surface area contributed by atoms with Gasteiger partial charge in [-0.05, 0) is 20.3 Å². The number of β-amino-alcohol motifs (C(OH)–C–C–N with tert-alkyl or cyclic N) is 1. The van der Waals surface area contributed by atoms with Gasteiger partial charge in [-0.25, -0.2) is 4.98 Å². The predicted molar refractivity (Wildman–Crippen MR) is 58.0 cm³/mol. The largest absolute Gasteiger partial charge is 0.388 e. The molecular weight excluding hydrogens is 212 g/mol. The summed E-state index contributed by atoms with van der Waals surface area (Å²) in [6.45, 7) is 4.64. The number of nitrogens with zero attached hydrogens (tertiary/aromatic N) is 2. The Bertz CT molecular complexity index is 387. The van der Waals surface area contributed by atoms with Crippen LogP contribution < -0.4 is 0 Å². The summed E-state index contributed by atoms with van der Waals surface area (Å²) in [5, 5.41) is 9.77. The molecule has 0 bridgehead atoms. The van der Waals surface area contributed by atoms with E-state index in [1.165, 1.54) is 11.3 Å². The maximum Gasteiger partial charge on any atom is 0.265 e. The van der Waals surface area contributed by atoms with Gasteiger partial charge in [0.25, 0.3) is 5.91 Å². The van der Waals surface area contributed by atoms with Crippen molar-refractivity contribution in [3.8, 4) is 0 Å². The van der Waals surface area contributed by atoms with Crippen LogP contribution in [0.4, 0.5) is 0 Å². The lowest BCUT2D eigenvalue weighted by Crippen LogP contribution is -2.33. The van der Waals surface area contributed by atoms with Gasteiger partial charge < -0.3 is 10.0 Å². The van der Waals surface area contributed by atoms with E-state index in [4.69, 9.17) is 0 Å². The Morgan fingerprint density at radius 2 is 2.47 bits per heavy atom. The Morgan fingerprint density at radius 1 is 1.73 bits per heavy atom. The van der Waals surface area contributed by atoms with Gasteiger partial charge in [-0.15, -0.1) is 11.3 Å². The van der Waals surface area contributed by atoms with Gasteiger partial charge in [-0.1, -0.05) is 0 Å². The Balaban J connectivity index is 2.14. The van der Waals surface area contributed by atoms with Crippen molar-refractivity contribution in [2.24, 2.45) is 0 Å². The minimum absolute atomic E-state index is 0.00669. The van der Waals surface area contributed by atoms with Crippen molar-refractivity contribution in [2.75, 3.05) is 13.1 Å². The number of rotatable bonds is 1. The monoisotopic (exact) mass is 226 g/mol. The Labute approximate surface area is 92.6 Å². The molecule has 1 fully saturated rings. The fourth-order valence-corrected chi connectivity index (χ4v) is 2.54. The molecule has 5 heteroatoms. The predicted octanol–water partition coefficient (Wildman–Crippen LogP) is 1.05. The van der Waals surface area contributed by atoms with Gasteiger partial charge in [0, 0.05) is 13.1 Å². The molecule has 1 aliphatic rings. The second-order valence-corrected chi connectivity index (χ2v) is 5.10.